The molecule has 1 amide bonds. The average molecular weight is 297 g/mol. The van der Waals surface area contributed by atoms with Gasteiger partial charge in [-0.15, -0.1) is 0 Å². The van der Waals surface area contributed by atoms with Crippen LogP contribution in [0.25, 0.3) is 0 Å². The number of nitrogens with zero attached hydrogens (tertiary/aromatic N) is 2. The molecule has 5 nitrogen and oxygen atoms in total. The Kier molecular flexibility index (Phi) is 4.34. The number of aromatic nitrogens is 1. The van der Waals surface area contributed by atoms with Gasteiger partial charge < -0.3 is 10.1 Å². The second kappa shape index (κ2) is 6.58. The Bertz CT molecular complexity index is 672. The monoisotopic (exact) mass is 297 g/mol. The molecule has 0 radical (unpaired) electrons. The largest absolute Gasteiger partial charge is 0.492 e. The number of hydrogen-bond donors (Lipinski definition) is 1. The van der Waals surface area contributed by atoms with E-state index in [-0.39, 0.29) is 5.91 Å². The van der Waals surface area contributed by atoms with E-state index in [0.29, 0.717) is 19.7 Å². The first-order valence-electron chi connectivity index (χ1n) is 7.41. The second-order valence-electron chi connectivity index (χ2n) is 5.31. The molecule has 0 unspecified atom stereocenters. The average Bonchev–Trinajstić information content (AvgIpc) is 2.65. The first-order valence-corrected chi connectivity index (χ1v) is 7.41. The topological polar surface area (TPSA) is 54.5 Å². The van der Waals surface area contributed by atoms with Crippen LogP contribution < -0.4 is 10.1 Å². The van der Waals surface area contributed by atoms with Gasteiger partial charge >= 0.3 is 0 Å². The lowest BCUT2D eigenvalue weighted by Crippen LogP contribution is -2.29. The summed E-state index contributed by atoms with van der Waals surface area (Å²) < 4.78 is 5.48. The third kappa shape index (κ3) is 3.43. The minimum Gasteiger partial charge on any atom is -0.492 e. The lowest BCUT2D eigenvalue weighted by molar-refractivity contribution is -0.117. The normalized spacial score (nSPS) is 14.9. The number of anilines is 1. The molecular formula is C17H19N3O2. The Morgan fingerprint density at radius 3 is 3.00 bits per heavy atom. The predicted molar refractivity (Wildman–Crippen MR) is 84.6 cm³/mol. The van der Waals surface area contributed by atoms with Gasteiger partial charge in [-0.05, 0) is 30.2 Å². The summed E-state index contributed by atoms with van der Waals surface area (Å²) in [5, 5.41) is 2.95. The number of fused-ring (bicyclic) bond motifs is 1. The molecular weight excluding hydrogens is 278 g/mol. The van der Waals surface area contributed by atoms with Crippen molar-refractivity contribution in [2.45, 2.75) is 20.0 Å². The van der Waals surface area contributed by atoms with Crippen LogP contribution in [-0.4, -0.2) is 28.9 Å². The van der Waals surface area contributed by atoms with Crippen LogP contribution in [0, 0.1) is 0 Å². The Balaban J connectivity index is 1.77. The van der Waals surface area contributed by atoms with E-state index in [2.05, 4.69) is 15.2 Å². The molecule has 0 spiro atoms. The fourth-order valence-electron chi connectivity index (χ4n) is 2.64. The summed E-state index contributed by atoms with van der Waals surface area (Å²) in [5.41, 5.74) is 3.07. The summed E-state index contributed by atoms with van der Waals surface area (Å²) in [6.45, 7) is 4.32. The molecule has 0 saturated carbocycles. The first-order chi connectivity index (χ1) is 10.7. The van der Waals surface area contributed by atoms with Crippen LogP contribution in [-0.2, 0) is 17.9 Å². The molecule has 0 atom stereocenters. The van der Waals surface area contributed by atoms with Gasteiger partial charge in [0.05, 0.1) is 19.3 Å². The highest BCUT2D eigenvalue weighted by Gasteiger charge is 2.19. The molecule has 3 rings (SSSR count). The van der Waals surface area contributed by atoms with Crippen LogP contribution in [0.15, 0.2) is 42.7 Å². The van der Waals surface area contributed by atoms with E-state index in [1.807, 2.05) is 43.5 Å². The van der Waals surface area contributed by atoms with Gasteiger partial charge in [-0.25, -0.2) is 0 Å². The van der Waals surface area contributed by atoms with Gasteiger partial charge in [0.1, 0.15) is 5.75 Å². The van der Waals surface area contributed by atoms with Gasteiger partial charge in [0, 0.05) is 25.0 Å². The van der Waals surface area contributed by atoms with Crippen molar-refractivity contribution in [2.75, 3.05) is 18.5 Å². The number of benzene rings is 1. The van der Waals surface area contributed by atoms with Gasteiger partial charge in [-0.1, -0.05) is 18.2 Å². The van der Waals surface area contributed by atoms with Crippen molar-refractivity contribution in [1.29, 1.82) is 0 Å². The fourth-order valence-corrected chi connectivity index (χ4v) is 2.64. The van der Waals surface area contributed by atoms with Crippen molar-refractivity contribution >= 4 is 11.6 Å². The van der Waals surface area contributed by atoms with Crippen LogP contribution in [0.3, 0.4) is 0 Å². The zero-order valence-electron chi connectivity index (χ0n) is 12.6. The fraction of sp³-hybridized carbons (Fsp3) is 0.294. The summed E-state index contributed by atoms with van der Waals surface area (Å²) in [4.78, 5) is 18.3. The van der Waals surface area contributed by atoms with Crippen LogP contribution in [0.2, 0.25) is 0 Å². The molecule has 22 heavy (non-hydrogen) atoms. The number of para-hydroxylation sites is 1. The molecule has 5 heteroatoms. The number of amides is 1. The van der Waals surface area contributed by atoms with Gasteiger partial charge in [0.2, 0.25) is 5.91 Å². The van der Waals surface area contributed by atoms with E-state index in [0.717, 1.165) is 29.1 Å². The van der Waals surface area contributed by atoms with Gasteiger partial charge in [0.25, 0.3) is 0 Å². The maximum absolute atomic E-state index is 12.0. The molecule has 0 aliphatic carbocycles. The smallest absolute Gasteiger partial charge is 0.238 e. The number of ether oxygens (including phenoxy) is 1. The summed E-state index contributed by atoms with van der Waals surface area (Å²) in [7, 11) is 0. The highest BCUT2D eigenvalue weighted by molar-refractivity contribution is 5.93. The SMILES string of the molecule is CCOc1cncc(CN2CC(=O)Nc3ccccc3C2)c1. The number of carbonyl (C=O) groups excluding carboxylic acids is 1. The van der Waals surface area contributed by atoms with Crippen LogP contribution in [0.5, 0.6) is 5.75 Å². The molecule has 1 aliphatic heterocycles. The Morgan fingerprint density at radius 1 is 1.27 bits per heavy atom. The minimum absolute atomic E-state index is 0.0128. The molecule has 1 aliphatic rings. The zero-order chi connectivity index (χ0) is 15.4. The van der Waals surface area contributed by atoms with Crippen molar-refractivity contribution in [3.05, 3.63) is 53.9 Å². The van der Waals surface area contributed by atoms with Crippen LogP contribution in [0.1, 0.15) is 18.1 Å². The summed E-state index contributed by atoms with van der Waals surface area (Å²) in [5.74, 6) is 0.776. The molecule has 0 saturated heterocycles. The summed E-state index contributed by atoms with van der Waals surface area (Å²) in [6.07, 6.45) is 3.52. The van der Waals surface area contributed by atoms with Gasteiger partial charge in [-0.3, -0.25) is 14.7 Å². The molecule has 1 aromatic heterocycles. The van der Waals surface area contributed by atoms with E-state index in [1.165, 1.54) is 0 Å². The van der Waals surface area contributed by atoms with E-state index in [4.69, 9.17) is 4.74 Å². The van der Waals surface area contributed by atoms with Crippen molar-refractivity contribution < 1.29 is 9.53 Å². The third-order valence-electron chi connectivity index (χ3n) is 3.54. The van der Waals surface area contributed by atoms with E-state index in [1.54, 1.807) is 6.20 Å². The molecule has 1 N–H and O–H groups in total. The van der Waals surface area contributed by atoms with Crippen molar-refractivity contribution in [2.24, 2.45) is 0 Å². The van der Waals surface area contributed by atoms with Crippen LogP contribution in [0.4, 0.5) is 5.69 Å². The number of nitrogens with one attached hydrogen (secondary N) is 1. The molecule has 0 fully saturated rings. The maximum Gasteiger partial charge on any atom is 0.238 e. The predicted octanol–water partition coefficient (Wildman–Crippen LogP) is 2.43. The minimum atomic E-state index is 0.0128. The van der Waals surface area contributed by atoms with Crippen molar-refractivity contribution in [1.82, 2.24) is 9.88 Å². The standard InChI is InChI=1S/C17H19N3O2/c1-2-22-15-7-13(8-18-9-15)10-20-11-14-5-3-4-6-16(14)19-17(21)12-20/h3-9H,2,10-12H2,1H3,(H,19,21). The maximum atomic E-state index is 12.0. The number of pyridine rings is 1. The van der Waals surface area contributed by atoms with E-state index >= 15 is 0 Å². The van der Waals surface area contributed by atoms with Gasteiger partial charge in [0.15, 0.2) is 0 Å². The Labute approximate surface area is 129 Å². The van der Waals surface area contributed by atoms with Gasteiger partial charge in [-0.2, -0.15) is 0 Å². The summed E-state index contributed by atoms with van der Waals surface area (Å²) in [6, 6.07) is 9.89. The second-order valence-corrected chi connectivity index (χ2v) is 5.31. The molecule has 1 aromatic carbocycles. The van der Waals surface area contributed by atoms with E-state index in [9.17, 15) is 4.79 Å². The number of hydrogen-bond acceptors (Lipinski definition) is 4. The molecule has 0 bridgehead atoms. The van der Waals surface area contributed by atoms with Crippen LogP contribution >= 0.6 is 0 Å². The highest BCUT2D eigenvalue weighted by Crippen LogP contribution is 2.22. The van der Waals surface area contributed by atoms with E-state index < -0.39 is 0 Å². The first kappa shape index (κ1) is 14.5. The quantitative estimate of drug-likeness (QED) is 0.941. The third-order valence-corrected chi connectivity index (χ3v) is 3.54. The summed E-state index contributed by atoms with van der Waals surface area (Å²) >= 11 is 0. The molecule has 2 aromatic rings. The lowest BCUT2D eigenvalue weighted by atomic mass is 10.1. The zero-order valence-corrected chi connectivity index (χ0v) is 12.6. The number of rotatable bonds is 4. The van der Waals surface area contributed by atoms with Crippen molar-refractivity contribution in [3.8, 4) is 5.75 Å². The molecule has 2 heterocycles. The highest BCUT2D eigenvalue weighted by atomic mass is 16.5. The molecule has 114 valence electrons. The van der Waals surface area contributed by atoms with Crippen molar-refractivity contribution in [3.63, 3.8) is 0 Å². The lowest BCUT2D eigenvalue weighted by Gasteiger charge is -2.19. The number of carbonyl (C=O) groups is 1. The Morgan fingerprint density at radius 2 is 2.14 bits per heavy atom. The Hall–Kier alpha value is -2.40.